The monoisotopic (exact) mass is 400 g/mol. The zero-order chi connectivity index (χ0) is 20.4. The van der Waals surface area contributed by atoms with E-state index in [1.165, 1.54) is 12.1 Å². The fourth-order valence-corrected chi connectivity index (χ4v) is 3.44. The Morgan fingerprint density at radius 3 is 2.38 bits per heavy atom. The van der Waals surface area contributed by atoms with Gasteiger partial charge in [-0.3, -0.25) is 4.79 Å². The normalized spacial score (nSPS) is 14.4. The number of fused-ring (bicyclic) bond motifs is 1. The van der Waals surface area contributed by atoms with E-state index in [9.17, 15) is 18.0 Å². The molecule has 2 heterocycles. The van der Waals surface area contributed by atoms with Crippen LogP contribution in [0.2, 0.25) is 0 Å². The van der Waals surface area contributed by atoms with Gasteiger partial charge in [-0.25, -0.2) is 9.97 Å². The van der Waals surface area contributed by atoms with Crippen molar-refractivity contribution in [2.45, 2.75) is 25.4 Å². The van der Waals surface area contributed by atoms with Gasteiger partial charge < -0.3 is 10.2 Å². The molecule has 1 amide bonds. The van der Waals surface area contributed by atoms with Crippen LogP contribution in [0.5, 0.6) is 0 Å². The van der Waals surface area contributed by atoms with Crippen LogP contribution in [0.4, 0.5) is 24.8 Å². The van der Waals surface area contributed by atoms with Crippen molar-refractivity contribution < 1.29 is 18.0 Å². The van der Waals surface area contributed by atoms with Gasteiger partial charge in [0.2, 0.25) is 5.91 Å². The van der Waals surface area contributed by atoms with Crippen LogP contribution in [-0.2, 0) is 17.4 Å². The number of carbonyl (C=O) groups excluding carboxylic acids is 1. The Bertz CT molecular complexity index is 1050. The van der Waals surface area contributed by atoms with Gasteiger partial charge in [0.05, 0.1) is 23.0 Å². The number of carbonyl (C=O) groups is 1. The second-order valence-electron chi connectivity index (χ2n) is 7.00. The number of hydrogen-bond donors (Lipinski definition) is 1. The molecule has 3 aromatic rings. The lowest BCUT2D eigenvalue weighted by Crippen LogP contribution is -2.24. The van der Waals surface area contributed by atoms with Crippen LogP contribution in [0, 0.1) is 0 Å². The number of nitrogens with one attached hydrogen (secondary N) is 1. The van der Waals surface area contributed by atoms with Crippen LogP contribution in [0.3, 0.4) is 0 Å². The molecule has 1 saturated heterocycles. The molecular weight excluding hydrogens is 381 g/mol. The minimum absolute atomic E-state index is 0.183. The highest BCUT2D eigenvalue weighted by atomic mass is 19.4. The van der Waals surface area contributed by atoms with Crippen LogP contribution in [0.25, 0.3) is 11.0 Å². The molecule has 0 bridgehead atoms. The Labute approximate surface area is 165 Å². The molecule has 1 aromatic heterocycles. The molecule has 0 unspecified atom stereocenters. The molecule has 0 atom stereocenters. The van der Waals surface area contributed by atoms with Crippen molar-refractivity contribution >= 4 is 28.6 Å². The molecule has 150 valence electrons. The summed E-state index contributed by atoms with van der Waals surface area (Å²) in [7, 11) is 0. The van der Waals surface area contributed by atoms with E-state index in [4.69, 9.17) is 0 Å². The number of nitrogens with zero attached hydrogens (tertiary/aromatic N) is 3. The summed E-state index contributed by atoms with van der Waals surface area (Å²) in [6.45, 7) is 1.65. The van der Waals surface area contributed by atoms with Gasteiger partial charge in [-0.1, -0.05) is 30.3 Å². The van der Waals surface area contributed by atoms with Crippen molar-refractivity contribution in [2.24, 2.45) is 0 Å². The van der Waals surface area contributed by atoms with Crippen LogP contribution in [0.1, 0.15) is 24.0 Å². The van der Waals surface area contributed by atoms with Gasteiger partial charge in [-0.15, -0.1) is 0 Å². The molecule has 1 N–H and O–H groups in total. The predicted molar refractivity (Wildman–Crippen MR) is 105 cm³/mol. The van der Waals surface area contributed by atoms with Gasteiger partial charge in [0.15, 0.2) is 11.6 Å². The van der Waals surface area contributed by atoms with Gasteiger partial charge in [0.1, 0.15) is 0 Å². The lowest BCUT2D eigenvalue weighted by Gasteiger charge is -2.20. The highest BCUT2D eigenvalue weighted by Crippen LogP contribution is 2.30. The quantitative estimate of drug-likeness (QED) is 0.704. The molecule has 0 spiro atoms. The Morgan fingerprint density at radius 1 is 1.00 bits per heavy atom. The third-order valence-electron chi connectivity index (χ3n) is 4.83. The highest BCUT2D eigenvalue weighted by Gasteiger charge is 2.30. The first kappa shape index (κ1) is 19.2. The third kappa shape index (κ3) is 4.31. The molecule has 1 fully saturated rings. The van der Waals surface area contributed by atoms with Gasteiger partial charge in [-0.2, -0.15) is 13.2 Å². The Morgan fingerprint density at radius 2 is 1.69 bits per heavy atom. The largest absolute Gasteiger partial charge is 0.416 e. The second-order valence-corrected chi connectivity index (χ2v) is 7.00. The summed E-state index contributed by atoms with van der Waals surface area (Å²) in [4.78, 5) is 23.8. The van der Waals surface area contributed by atoms with E-state index in [0.29, 0.717) is 17.2 Å². The number of halogens is 3. The summed E-state index contributed by atoms with van der Waals surface area (Å²) < 4.78 is 38.7. The molecule has 4 rings (SSSR count). The number of benzene rings is 2. The van der Waals surface area contributed by atoms with Crippen molar-refractivity contribution in [3.8, 4) is 0 Å². The number of para-hydroxylation sites is 2. The van der Waals surface area contributed by atoms with Crippen LogP contribution in [-0.4, -0.2) is 29.0 Å². The smallest absolute Gasteiger partial charge is 0.354 e. The number of anilines is 2. The summed E-state index contributed by atoms with van der Waals surface area (Å²) >= 11 is 0. The Kier molecular flexibility index (Phi) is 5.08. The van der Waals surface area contributed by atoms with E-state index in [2.05, 4.69) is 20.2 Å². The van der Waals surface area contributed by atoms with E-state index >= 15 is 0 Å². The van der Waals surface area contributed by atoms with Gasteiger partial charge in [0.25, 0.3) is 0 Å². The highest BCUT2D eigenvalue weighted by molar-refractivity contribution is 5.95. The summed E-state index contributed by atoms with van der Waals surface area (Å²) in [5.74, 6) is 0.496. The van der Waals surface area contributed by atoms with E-state index < -0.39 is 17.6 Å². The molecule has 1 aliphatic rings. The van der Waals surface area contributed by atoms with Crippen molar-refractivity contribution in [3.63, 3.8) is 0 Å². The molecule has 0 saturated carbocycles. The maximum absolute atomic E-state index is 12.9. The fourth-order valence-electron chi connectivity index (χ4n) is 3.44. The average molecular weight is 400 g/mol. The summed E-state index contributed by atoms with van der Waals surface area (Å²) in [5, 5.41) is 2.75. The third-order valence-corrected chi connectivity index (χ3v) is 4.83. The zero-order valence-electron chi connectivity index (χ0n) is 15.5. The van der Waals surface area contributed by atoms with Crippen molar-refractivity contribution in [1.82, 2.24) is 9.97 Å². The average Bonchev–Trinajstić information content (AvgIpc) is 3.21. The minimum Gasteiger partial charge on any atom is -0.354 e. The standard InChI is InChI=1S/C21H19F3N4O/c22-21(23,24)15-7-5-6-14(12-15)13-18(29)27-19-20(28-10-3-4-11-28)26-17-9-2-1-8-16(17)25-19/h1-2,5-9,12H,3-4,10-11,13H2,(H,25,27,29). The van der Waals surface area contributed by atoms with E-state index in [-0.39, 0.29) is 12.0 Å². The molecule has 0 aliphatic carbocycles. The Hall–Kier alpha value is -3.16. The fraction of sp³-hybridized carbons (Fsp3) is 0.286. The number of aromatic nitrogens is 2. The first-order valence-corrected chi connectivity index (χ1v) is 9.38. The number of alkyl halides is 3. The molecule has 8 heteroatoms. The molecule has 5 nitrogen and oxygen atoms in total. The van der Waals surface area contributed by atoms with Crippen LogP contribution >= 0.6 is 0 Å². The molecule has 0 radical (unpaired) electrons. The van der Waals surface area contributed by atoms with Gasteiger partial charge in [-0.05, 0) is 36.6 Å². The number of amides is 1. The molecular formula is C21H19F3N4O. The SMILES string of the molecule is O=C(Cc1cccc(C(F)(F)F)c1)Nc1nc2ccccc2nc1N1CCCC1. The summed E-state index contributed by atoms with van der Waals surface area (Å²) in [5.41, 5.74) is 0.884. The van der Waals surface area contributed by atoms with Crippen molar-refractivity contribution in [3.05, 3.63) is 59.7 Å². The van der Waals surface area contributed by atoms with Crippen LogP contribution < -0.4 is 10.2 Å². The summed E-state index contributed by atoms with van der Waals surface area (Å²) in [6, 6.07) is 12.2. The van der Waals surface area contributed by atoms with E-state index in [0.717, 1.165) is 43.6 Å². The lowest BCUT2D eigenvalue weighted by molar-refractivity contribution is -0.137. The van der Waals surface area contributed by atoms with E-state index in [1.807, 2.05) is 18.2 Å². The lowest BCUT2D eigenvalue weighted by atomic mass is 10.1. The van der Waals surface area contributed by atoms with Crippen molar-refractivity contribution in [1.29, 1.82) is 0 Å². The first-order valence-electron chi connectivity index (χ1n) is 9.38. The Balaban J connectivity index is 1.60. The number of hydrogen-bond acceptors (Lipinski definition) is 4. The van der Waals surface area contributed by atoms with Crippen LogP contribution in [0.15, 0.2) is 48.5 Å². The number of rotatable bonds is 4. The van der Waals surface area contributed by atoms with E-state index in [1.54, 1.807) is 6.07 Å². The first-order chi connectivity index (χ1) is 13.9. The maximum atomic E-state index is 12.9. The molecule has 2 aromatic carbocycles. The maximum Gasteiger partial charge on any atom is 0.416 e. The molecule has 29 heavy (non-hydrogen) atoms. The zero-order valence-corrected chi connectivity index (χ0v) is 15.5. The van der Waals surface area contributed by atoms with Gasteiger partial charge >= 0.3 is 6.18 Å². The predicted octanol–water partition coefficient (Wildman–Crippen LogP) is 4.43. The van der Waals surface area contributed by atoms with Gasteiger partial charge in [0, 0.05) is 13.1 Å². The summed E-state index contributed by atoms with van der Waals surface area (Å²) in [6.07, 6.45) is -2.56. The minimum atomic E-state index is -4.45. The topological polar surface area (TPSA) is 58.1 Å². The van der Waals surface area contributed by atoms with Crippen molar-refractivity contribution in [2.75, 3.05) is 23.3 Å². The second kappa shape index (κ2) is 7.69. The molecule has 1 aliphatic heterocycles.